The Morgan fingerprint density at radius 2 is 1.86 bits per heavy atom. The van der Waals surface area contributed by atoms with E-state index >= 15 is 0 Å². The van der Waals surface area contributed by atoms with Gasteiger partial charge >= 0.3 is 0 Å². The van der Waals surface area contributed by atoms with Crippen molar-refractivity contribution in [2.75, 3.05) is 27.4 Å². The van der Waals surface area contributed by atoms with Crippen molar-refractivity contribution in [3.8, 4) is 17.2 Å². The van der Waals surface area contributed by atoms with E-state index in [9.17, 15) is 14.7 Å². The molecule has 9 heteroatoms. The van der Waals surface area contributed by atoms with Crippen molar-refractivity contribution in [1.82, 2.24) is 14.5 Å². The van der Waals surface area contributed by atoms with Crippen molar-refractivity contribution >= 4 is 17.4 Å². The van der Waals surface area contributed by atoms with Crippen LogP contribution in [0.5, 0.6) is 17.2 Å². The van der Waals surface area contributed by atoms with Gasteiger partial charge in [0.15, 0.2) is 11.5 Å². The van der Waals surface area contributed by atoms with Gasteiger partial charge in [0.1, 0.15) is 11.5 Å². The Bertz CT molecular complexity index is 1270. The van der Waals surface area contributed by atoms with Crippen molar-refractivity contribution in [2.45, 2.75) is 25.9 Å². The number of carbonyl (C=O) groups excluding carboxylic acids is 2. The molecule has 2 heterocycles. The average molecular weight is 492 g/mol. The summed E-state index contributed by atoms with van der Waals surface area (Å²) < 4.78 is 18.3. The highest BCUT2D eigenvalue weighted by molar-refractivity contribution is 6.46. The van der Waals surface area contributed by atoms with Crippen LogP contribution in [-0.4, -0.2) is 58.6 Å². The van der Waals surface area contributed by atoms with Gasteiger partial charge in [-0.15, -0.1) is 0 Å². The van der Waals surface area contributed by atoms with Crippen LogP contribution in [-0.2, 0) is 16.1 Å². The number of rotatable bonds is 10. The molecule has 1 fully saturated rings. The molecule has 0 spiro atoms. The van der Waals surface area contributed by atoms with E-state index in [1.807, 2.05) is 17.7 Å². The first-order valence-electron chi connectivity index (χ1n) is 11.7. The van der Waals surface area contributed by atoms with Gasteiger partial charge in [-0.3, -0.25) is 9.59 Å². The number of carbonyl (C=O) groups is 2. The highest BCUT2D eigenvalue weighted by Gasteiger charge is 2.46. The van der Waals surface area contributed by atoms with Crippen LogP contribution in [0, 0.1) is 0 Å². The standard InChI is InChI=1S/C27H29N3O6/c1-4-36-20-8-5-7-19(15-20)25(31)23-24(18-9-10-21(34-2)22(16-18)35-3)30(27(33)26(23)32)13-6-12-29-14-11-28-17-29/h5,7-11,14-17,24,31H,4,6,12-13H2,1-3H3. The molecular weight excluding hydrogens is 462 g/mol. The minimum absolute atomic E-state index is 0.0171. The van der Waals surface area contributed by atoms with Gasteiger partial charge in [-0.25, -0.2) is 4.98 Å². The number of nitrogens with zero attached hydrogens (tertiary/aromatic N) is 3. The van der Waals surface area contributed by atoms with Crippen LogP contribution in [0.15, 0.2) is 66.8 Å². The summed E-state index contributed by atoms with van der Waals surface area (Å²) in [6.45, 7) is 3.24. The average Bonchev–Trinajstić information content (AvgIpc) is 3.50. The van der Waals surface area contributed by atoms with Crippen LogP contribution in [0.4, 0.5) is 0 Å². The molecule has 1 aliphatic heterocycles. The zero-order valence-electron chi connectivity index (χ0n) is 20.5. The minimum Gasteiger partial charge on any atom is -0.507 e. The maximum Gasteiger partial charge on any atom is 0.295 e. The molecule has 1 N–H and O–H groups in total. The number of hydrogen-bond donors (Lipinski definition) is 1. The molecule has 3 aromatic rings. The van der Waals surface area contributed by atoms with E-state index in [2.05, 4.69) is 4.98 Å². The largest absolute Gasteiger partial charge is 0.507 e. The van der Waals surface area contributed by atoms with E-state index in [0.717, 1.165) is 0 Å². The van der Waals surface area contributed by atoms with E-state index in [1.54, 1.807) is 55.0 Å². The normalized spacial score (nSPS) is 16.9. The van der Waals surface area contributed by atoms with Crippen molar-refractivity contribution < 1.29 is 28.9 Å². The molecule has 1 saturated heterocycles. The Morgan fingerprint density at radius 3 is 2.56 bits per heavy atom. The number of hydrogen-bond acceptors (Lipinski definition) is 7. The van der Waals surface area contributed by atoms with E-state index in [4.69, 9.17) is 14.2 Å². The number of aromatic nitrogens is 2. The number of likely N-dealkylation sites (tertiary alicyclic amines) is 1. The Morgan fingerprint density at radius 1 is 1.06 bits per heavy atom. The molecular formula is C27H29N3O6. The molecule has 0 aliphatic carbocycles. The molecule has 0 bridgehead atoms. The fraction of sp³-hybridized carbons (Fsp3) is 0.296. The van der Waals surface area contributed by atoms with E-state index in [-0.39, 0.29) is 11.3 Å². The number of aliphatic hydroxyl groups excluding tert-OH is 1. The molecule has 9 nitrogen and oxygen atoms in total. The quantitative estimate of drug-likeness (QED) is 0.261. The Kier molecular flexibility index (Phi) is 7.58. The predicted octanol–water partition coefficient (Wildman–Crippen LogP) is 3.81. The number of methoxy groups -OCH3 is 2. The first kappa shape index (κ1) is 24.8. The summed E-state index contributed by atoms with van der Waals surface area (Å²) in [5.41, 5.74) is 1.03. The molecule has 0 radical (unpaired) electrons. The lowest BCUT2D eigenvalue weighted by molar-refractivity contribution is -0.139. The van der Waals surface area contributed by atoms with Crippen LogP contribution in [0.1, 0.15) is 30.5 Å². The number of Topliss-reactive ketones (excluding diaryl/α,β-unsaturated/α-hetero) is 1. The third kappa shape index (κ3) is 4.91. The molecule has 4 rings (SSSR count). The molecule has 0 saturated carbocycles. The van der Waals surface area contributed by atoms with E-state index < -0.39 is 17.7 Å². The smallest absolute Gasteiger partial charge is 0.295 e. The van der Waals surface area contributed by atoms with Gasteiger partial charge in [0.25, 0.3) is 11.7 Å². The van der Waals surface area contributed by atoms with Crippen LogP contribution in [0.2, 0.25) is 0 Å². The number of imidazole rings is 1. The predicted molar refractivity (Wildman–Crippen MR) is 133 cm³/mol. The lowest BCUT2D eigenvalue weighted by Crippen LogP contribution is -2.31. The lowest BCUT2D eigenvalue weighted by Gasteiger charge is -2.26. The highest BCUT2D eigenvalue weighted by atomic mass is 16.5. The Hall–Kier alpha value is -4.27. The summed E-state index contributed by atoms with van der Waals surface area (Å²) in [5, 5.41) is 11.3. The zero-order valence-corrected chi connectivity index (χ0v) is 20.5. The number of amides is 1. The van der Waals surface area contributed by atoms with Gasteiger partial charge in [-0.2, -0.15) is 0 Å². The molecule has 1 aromatic heterocycles. The van der Waals surface area contributed by atoms with Crippen LogP contribution >= 0.6 is 0 Å². The summed E-state index contributed by atoms with van der Waals surface area (Å²) in [6, 6.07) is 11.2. The van der Waals surface area contributed by atoms with Crippen LogP contribution in [0.3, 0.4) is 0 Å². The maximum atomic E-state index is 13.3. The van der Waals surface area contributed by atoms with Gasteiger partial charge in [0, 0.05) is 31.0 Å². The van der Waals surface area contributed by atoms with Crippen LogP contribution in [0.25, 0.3) is 5.76 Å². The van der Waals surface area contributed by atoms with E-state index in [1.165, 1.54) is 19.1 Å². The van der Waals surface area contributed by atoms with Crippen LogP contribution < -0.4 is 14.2 Å². The fourth-order valence-corrected chi connectivity index (χ4v) is 4.38. The second-order valence-electron chi connectivity index (χ2n) is 8.22. The molecule has 1 aliphatic rings. The summed E-state index contributed by atoms with van der Waals surface area (Å²) in [5.74, 6) is -0.134. The summed E-state index contributed by atoms with van der Waals surface area (Å²) in [7, 11) is 3.05. The van der Waals surface area contributed by atoms with Crippen molar-refractivity contribution in [3.63, 3.8) is 0 Å². The third-order valence-corrected chi connectivity index (χ3v) is 6.06. The molecule has 36 heavy (non-hydrogen) atoms. The summed E-state index contributed by atoms with van der Waals surface area (Å²) in [6.07, 6.45) is 5.82. The fourth-order valence-electron chi connectivity index (χ4n) is 4.38. The second-order valence-corrected chi connectivity index (χ2v) is 8.22. The first-order valence-corrected chi connectivity index (χ1v) is 11.7. The SMILES string of the molecule is CCOc1cccc(C(O)=C2C(=O)C(=O)N(CCCn3ccnc3)C2c2ccc(OC)c(OC)c2)c1. The van der Waals surface area contributed by atoms with Gasteiger partial charge in [0.05, 0.1) is 38.8 Å². The highest BCUT2D eigenvalue weighted by Crippen LogP contribution is 2.42. The maximum absolute atomic E-state index is 13.3. The lowest BCUT2D eigenvalue weighted by atomic mass is 9.95. The zero-order chi connectivity index (χ0) is 25.7. The number of aliphatic hydroxyl groups is 1. The monoisotopic (exact) mass is 491 g/mol. The molecule has 1 unspecified atom stereocenters. The summed E-state index contributed by atoms with van der Waals surface area (Å²) >= 11 is 0. The Balaban J connectivity index is 1.78. The molecule has 2 aromatic carbocycles. The van der Waals surface area contributed by atoms with Gasteiger partial charge < -0.3 is 28.8 Å². The number of aryl methyl sites for hydroxylation is 1. The van der Waals surface area contributed by atoms with Gasteiger partial charge in [-0.1, -0.05) is 18.2 Å². The van der Waals surface area contributed by atoms with E-state index in [0.29, 0.717) is 54.5 Å². The van der Waals surface area contributed by atoms with Gasteiger partial charge in [0.2, 0.25) is 0 Å². The molecule has 1 amide bonds. The summed E-state index contributed by atoms with van der Waals surface area (Å²) in [4.78, 5) is 32.0. The second kappa shape index (κ2) is 11.0. The van der Waals surface area contributed by atoms with Crippen molar-refractivity contribution in [3.05, 3.63) is 77.9 Å². The topological polar surface area (TPSA) is 103 Å². The Labute approximate surface area is 209 Å². The third-order valence-electron chi connectivity index (χ3n) is 6.06. The van der Waals surface area contributed by atoms with Crippen molar-refractivity contribution in [2.24, 2.45) is 0 Å². The first-order chi connectivity index (χ1) is 17.5. The molecule has 188 valence electrons. The number of ether oxygens (including phenoxy) is 3. The van der Waals surface area contributed by atoms with Crippen molar-refractivity contribution in [1.29, 1.82) is 0 Å². The molecule has 1 atom stereocenters. The number of benzene rings is 2. The number of ketones is 1. The minimum atomic E-state index is -0.802. The van der Waals surface area contributed by atoms with Gasteiger partial charge in [-0.05, 0) is 43.2 Å².